The second kappa shape index (κ2) is 7.55. The Hall–Kier alpha value is -2.23. The Morgan fingerprint density at radius 3 is 3.07 bits per heavy atom. The number of benzene rings is 1. The van der Waals surface area contributed by atoms with E-state index in [0.717, 1.165) is 36.1 Å². The zero-order chi connectivity index (χ0) is 19.8. The molecule has 7 nitrogen and oxygen atoms in total. The molecule has 1 atom stereocenters. The van der Waals surface area contributed by atoms with E-state index in [1.165, 1.54) is 0 Å². The maximum absolute atomic E-state index is 13.2. The molecule has 3 aromatic rings. The van der Waals surface area contributed by atoms with Crippen LogP contribution in [0.15, 0.2) is 44.4 Å². The van der Waals surface area contributed by atoms with Gasteiger partial charge in [-0.05, 0) is 54.0 Å². The van der Waals surface area contributed by atoms with Gasteiger partial charge in [-0.25, -0.2) is 8.42 Å². The molecular weight excluding hydrogens is 410 g/mol. The van der Waals surface area contributed by atoms with Gasteiger partial charge in [0, 0.05) is 36.9 Å². The minimum atomic E-state index is -3.53. The van der Waals surface area contributed by atoms with Crippen molar-refractivity contribution >= 4 is 21.4 Å². The Morgan fingerprint density at radius 2 is 2.21 bits per heavy atom. The van der Waals surface area contributed by atoms with Gasteiger partial charge >= 0.3 is 0 Å². The van der Waals surface area contributed by atoms with Gasteiger partial charge in [-0.15, -0.1) is 0 Å². The maximum atomic E-state index is 13.2. The third kappa shape index (κ3) is 3.70. The van der Waals surface area contributed by atoms with Gasteiger partial charge in [0.05, 0.1) is 11.5 Å². The summed E-state index contributed by atoms with van der Waals surface area (Å²) in [6.07, 6.45) is 3.11. The van der Waals surface area contributed by atoms with E-state index in [2.05, 4.69) is 10.1 Å². The lowest BCUT2D eigenvalue weighted by molar-refractivity contribution is 0.247. The quantitative estimate of drug-likeness (QED) is 0.616. The lowest BCUT2D eigenvalue weighted by atomic mass is 9.96. The number of rotatable bonds is 5. The topological polar surface area (TPSA) is 85.5 Å². The van der Waals surface area contributed by atoms with Crippen molar-refractivity contribution in [1.82, 2.24) is 14.4 Å². The van der Waals surface area contributed by atoms with Gasteiger partial charge in [0.15, 0.2) is 0 Å². The Bertz CT molecular complexity index is 1110. The average molecular weight is 432 g/mol. The van der Waals surface area contributed by atoms with Gasteiger partial charge < -0.3 is 9.26 Å². The number of hydrogen-bond donors (Lipinski definition) is 0. The number of nitrogens with zero attached hydrogens (tertiary/aromatic N) is 3. The first-order valence-electron chi connectivity index (χ1n) is 9.70. The minimum Gasteiger partial charge on any atom is -0.493 e. The lowest BCUT2D eigenvalue weighted by Gasteiger charge is -2.31. The Labute approximate surface area is 173 Å². The second-order valence-electron chi connectivity index (χ2n) is 7.47. The van der Waals surface area contributed by atoms with Crippen LogP contribution in [0.1, 0.15) is 24.3 Å². The van der Waals surface area contributed by atoms with Gasteiger partial charge in [-0.1, -0.05) is 5.16 Å². The summed E-state index contributed by atoms with van der Waals surface area (Å²) < 4.78 is 38.9. The summed E-state index contributed by atoms with van der Waals surface area (Å²) in [5, 5.41) is 8.00. The Morgan fingerprint density at radius 1 is 1.28 bits per heavy atom. The predicted molar refractivity (Wildman–Crippen MR) is 108 cm³/mol. The molecule has 0 spiro atoms. The first-order valence-corrected chi connectivity index (χ1v) is 12.1. The molecule has 0 N–H and O–H groups in total. The summed E-state index contributed by atoms with van der Waals surface area (Å²) in [6.45, 7) is 1.62. The van der Waals surface area contributed by atoms with Crippen molar-refractivity contribution in [1.29, 1.82) is 0 Å². The predicted octanol–water partition coefficient (Wildman–Crippen LogP) is 3.38. The Kier molecular flexibility index (Phi) is 4.89. The van der Waals surface area contributed by atoms with E-state index < -0.39 is 10.0 Å². The van der Waals surface area contributed by atoms with Crippen LogP contribution in [0.4, 0.5) is 0 Å². The molecule has 0 aliphatic carbocycles. The van der Waals surface area contributed by atoms with Crippen molar-refractivity contribution in [3.8, 4) is 17.1 Å². The molecule has 4 heterocycles. The van der Waals surface area contributed by atoms with E-state index in [-0.39, 0.29) is 5.92 Å². The van der Waals surface area contributed by atoms with Gasteiger partial charge in [0.2, 0.25) is 21.7 Å². The fourth-order valence-corrected chi connectivity index (χ4v) is 6.22. The summed E-state index contributed by atoms with van der Waals surface area (Å²) in [4.78, 5) is 4.83. The molecule has 0 radical (unpaired) electrons. The molecule has 1 unspecified atom stereocenters. The summed E-state index contributed by atoms with van der Waals surface area (Å²) in [7, 11) is -3.53. The van der Waals surface area contributed by atoms with Crippen molar-refractivity contribution in [3.63, 3.8) is 0 Å². The number of fused-ring (bicyclic) bond motifs is 1. The fraction of sp³-hybridized carbons (Fsp3) is 0.400. The zero-order valence-corrected chi connectivity index (χ0v) is 17.4. The molecule has 1 fully saturated rings. The van der Waals surface area contributed by atoms with E-state index in [9.17, 15) is 8.42 Å². The summed E-state index contributed by atoms with van der Waals surface area (Å²) >= 11 is 1.58. The molecule has 0 bridgehead atoms. The highest BCUT2D eigenvalue weighted by atomic mass is 32.2. The average Bonchev–Trinajstić information content (AvgIpc) is 3.48. The van der Waals surface area contributed by atoms with Crippen LogP contribution in [0, 0.1) is 5.92 Å². The summed E-state index contributed by atoms with van der Waals surface area (Å²) in [5.74, 6) is 2.09. The van der Waals surface area contributed by atoms with E-state index in [1.54, 1.807) is 33.8 Å². The normalized spacial score (nSPS) is 19.8. The van der Waals surface area contributed by atoms with Gasteiger partial charge in [0.25, 0.3) is 0 Å². The van der Waals surface area contributed by atoms with Crippen LogP contribution in [0.3, 0.4) is 0 Å². The van der Waals surface area contributed by atoms with Crippen LogP contribution in [0.2, 0.25) is 0 Å². The highest BCUT2D eigenvalue weighted by molar-refractivity contribution is 7.89. The number of thiophene rings is 1. The molecule has 2 aromatic heterocycles. The monoisotopic (exact) mass is 431 g/mol. The molecule has 29 heavy (non-hydrogen) atoms. The van der Waals surface area contributed by atoms with Crippen LogP contribution in [0.5, 0.6) is 5.75 Å². The van der Waals surface area contributed by atoms with Crippen molar-refractivity contribution in [2.45, 2.75) is 30.6 Å². The zero-order valence-electron chi connectivity index (χ0n) is 15.8. The molecular formula is C20H21N3O4S2. The first-order chi connectivity index (χ1) is 14.1. The van der Waals surface area contributed by atoms with Gasteiger partial charge in [-0.3, -0.25) is 0 Å². The van der Waals surface area contributed by atoms with Gasteiger partial charge in [-0.2, -0.15) is 20.6 Å². The highest BCUT2D eigenvalue weighted by Gasteiger charge is 2.32. The number of hydrogen-bond acceptors (Lipinski definition) is 7. The van der Waals surface area contributed by atoms with Crippen LogP contribution in [-0.4, -0.2) is 42.6 Å². The van der Waals surface area contributed by atoms with E-state index in [0.29, 0.717) is 42.7 Å². The molecule has 5 rings (SSSR count). The van der Waals surface area contributed by atoms with Crippen LogP contribution < -0.4 is 4.74 Å². The van der Waals surface area contributed by atoms with Crippen molar-refractivity contribution in [3.05, 3.63) is 46.5 Å². The Balaban J connectivity index is 1.30. The van der Waals surface area contributed by atoms with E-state index >= 15 is 0 Å². The van der Waals surface area contributed by atoms with Crippen molar-refractivity contribution in [2.75, 3.05) is 19.7 Å². The third-order valence-electron chi connectivity index (χ3n) is 5.49. The largest absolute Gasteiger partial charge is 0.493 e. The first kappa shape index (κ1) is 18.8. The van der Waals surface area contributed by atoms with E-state index in [4.69, 9.17) is 9.26 Å². The molecule has 9 heteroatoms. The van der Waals surface area contributed by atoms with Crippen molar-refractivity contribution in [2.24, 2.45) is 5.92 Å². The van der Waals surface area contributed by atoms with Crippen LogP contribution in [-0.2, 0) is 22.9 Å². The number of aromatic nitrogens is 2. The minimum absolute atomic E-state index is 0.159. The smallest absolute Gasteiger partial charge is 0.243 e. The number of piperidine rings is 1. The fourth-order valence-electron chi connectivity index (χ4n) is 3.98. The lowest BCUT2D eigenvalue weighted by Crippen LogP contribution is -2.40. The SMILES string of the molecule is O=S(=O)(c1ccc2c(c1)CCO2)N1CCCC(Cc2nc(-c3ccsc3)no2)C1. The summed E-state index contributed by atoms with van der Waals surface area (Å²) in [6, 6.07) is 7.12. The van der Waals surface area contributed by atoms with Crippen molar-refractivity contribution < 1.29 is 17.7 Å². The second-order valence-corrected chi connectivity index (χ2v) is 10.2. The standard InChI is InChI=1S/C20H21N3O4S2/c24-29(25,17-3-4-18-15(11-17)5-8-26-18)23-7-1-2-14(12-23)10-19-21-20(22-27-19)16-6-9-28-13-16/h3-4,6,9,11,13-14H,1-2,5,7-8,10,12H2. The van der Waals surface area contributed by atoms with Crippen LogP contribution in [0.25, 0.3) is 11.4 Å². The molecule has 2 aliphatic heterocycles. The van der Waals surface area contributed by atoms with Crippen LogP contribution >= 0.6 is 11.3 Å². The molecule has 152 valence electrons. The third-order valence-corrected chi connectivity index (χ3v) is 8.04. The number of sulfonamides is 1. The van der Waals surface area contributed by atoms with Gasteiger partial charge in [0.1, 0.15) is 5.75 Å². The molecule has 1 saturated heterocycles. The molecule has 0 amide bonds. The maximum Gasteiger partial charge on any atom is 0.243 e. The van der Waals surface area contributed by atoms with E-state index in [1.807, 2.05) is 16.8 Å². The summed E-state index contributed by atoms with van der Waals surface area (Å²) in [5.41, 5.74) is 1.91. The molecule has 2 aliphatic rings. The number of ether oxygens (including phenoxy) is 1. The molecule has 1 aromatic carbocycles. The highest BCUT2D eigenvalue weighted by Crippen LogP contribution is 2.31. The molecule has 0 saturated carbocycles.